The first kappa shape index (κ1) is 16.5. The lowest BCUT2D eigenvalue weighted by molar-refractivity contribution is -0.132. The summed E-state index contributed by atoms with van der Waals surface area (Å²) in [5, 5.41) is 4.21. The van der Waals surface area contributed by atoms with Crippen molar-refractivity contribution in [1.29, 1.82) is 0 Å². The number of likely N-dealkylation sites (tertiary alicyclic amines) is 1. The van der Waals surface area contributed by atoms with E-state index in [2.05, 4.69) is 10.1 Å². The zero-order valence-corrected chi connectivity index (χ0v) is 14.3. The molecular weight excluding hydrogens is 304 g/mol. The first-order valence-electron chi connectivity index (χ1n) is 8.49. The molecule has 128 valence electrons. The van der Waals surface area contributed by atoms with Crippen LogP contribution >= 0.6 is 0 Å². The zero-order chi connectivity index (χ0) is 16.9. The lowest BCUT2D eigenvalue weighted by Crippen LogP contribution is -2.41. The van der Waals surface area contributed by atoms with Crippen molar-refractivity contribution in [3.05, 3.63) is 42.5 Å². The van der Waals surface area contributed by atoms with Crippen molar-refractivity contribution in [2.45, 2.75) is 45.3 Å². The molecule has 0 aliphatic carbocycles. The molecule has 6 heteroatoms. The second kappa shape index (κ2) is 7.47. The predicted octanol–water partition coefficient (Wildman–Crippen LogP) is 2.47. The summed E-state index contributed by atoms with van der Waals surface area (Å²) in [6.07, 6.45) is 5.82. The molecule has 6 nitrogen and oxygen atoms in total. The summed E-state index contributed by atoms with van der Waals surface area (Å²) < 4.78 is 7.56. The standard InChI is InChI=1S/C18H24N4O2/c1-14(2)24-17-7-3-5-15(9-17)10-18(23)21-8-4-6-16(11-21)22-13-19-12-20-22/h3,5,7,9,12-14,16H,4,6,8,10-11H2,1-2H3/t16-/m0/s1. The molecule has 1 aromatic heterocycles. The van der Waals surface area contributed by atoms with E-state index in [1.54, 1.807) is 12.7 Å². The van der Waals surface area contributed by atoms with Crippen LogP contribution in [0.1, 0.15) is 38.3 Å². The molecule has 0 bridgehead atoms. The Bertz CT molecular complexity index is 669. The molecule has 0 spiro atoms. The van der Waals surface area contributed by atoms with Gasteiger partial charge in [0, 0.05) is 13.1 Å². The van der Waals surface area contributed by atoms with Gasteiger partial charge < -0.3 is 9.64 Å². The van der Waals surface area contributed by atoms with Crippen molar-refractivity contribution >= 4 is 5.91 Å². The first-order chi connectivity index (χ1) is 11.6. The minimum absolute atomic E-state index is 0.126. The number of rotatable bonds is 5. The van der Waals surface area contributed by atoms with E-state index in [9.17, 15) is 4.79 Å². The van der Waals surface area contributed by atoms with Crippen molar-refractivity contribution in [1.82, 2.24) is 19.7 Å². The normalized spacial score (nSPS) is 18.0. The number of hydrogen-bond donors (Lipinski definition) is 0. The van der Waals surface area contributed by atoms with Crippen molar-refractivity contribution in [2.24, 2.45) is 0 Å². The van der Waals surface area contributed by atoms with E-state index in [0.717, 1.165) is 30.7 Å². The molecule has 3 rings (SSSR count). The summed E-state index contributed by atoms with van der Waals surface area (Å²) in [4.78, 5) is 18.6. The van der Waals surface area contributed by atoms with Gasteiger partial charge in [-0.2, -0.15) is 5.10 Å². The molecule has 1 amide bonds. The van der Waals surface area contributed by atoms with Gasteiger partial charge in [0.2, 0.25) is 5.91 Å². The lowest BCUT2D eigenvalue weighted by Gasteiger charge is -2.32. The summed E-state index contributed by atoms with van der Waals surface area (Å²) in [5.41, 5.74) is 0.987. The van der Waals surface area contributed by atoms with Crippen molar-refractivity contribution in [3.8, 4) is 5.75 Å². The monoisotopic (exact) mass is 328 g/mol. The van der Waals surface area contributed by atoms with Crippen LogP contribution in [-0.4, -0.2) is 44.8 Å². The fourth-order valence-electron chi connectivity index (χ4n) is 3.09. The quantitative estimate of drug-likeness (QED) is 0.846. The van der Waals surface area contributed by atoms with Crippen LogP contribution in [0.15, 0.2) is 36.9 Å². The molecule has 2 heterocycles. The molecule has 1 aliphatic heterocycles. The van der Waals surface area contributed by atoms with Gasteiger partial charge in [0.05, 0.1) is 18.6 Å². The molecule has 0 N–H and O–H groups in total. The Kier molecular flexibility index (Phi) is 5.13. The van der Waals surface area contributed by atoms with E-state index in [-0.39, 0.29) is 18.1 Å². The summed E-state index contributed by atoms with van der Waals surface area (Å²) in [6, 6.07) is 8.02. The molecule has 1 saturated heterocycles. The smallest absolute Gasteiger partial charge is 0.227 e. The molecule has 1 aromatic carbocycles. The zero-order valence-electron chi connectivity index (χ0n) is 14.3. The third kappa shape index (κ3) is 4.13. The Morgan fingerprint density at radius 1 is 1.42 bits per heavy atom. The molecule has 2 aromatic rings. The number of hydrogen-bond acceptors (Lipinski definition) is 4. The van der Waals surface area contributed by atoms with Crippen LogP contribution in [0.25, 0.3) is 0 Å². The average Bonchev–Trinajstić information content (AvgIpc) is 3.09. The Balaban J connectivity index is 1.62. The number of carbonyl (C=O) groups excluding carboxylic acids is 1. The van der Waals surface area contributed by atoms with Gasteiger partial charge in [-0.15, -0.1) is 0 Å². The van der Waals surface area contributed by atoms with Gasteiger partial charge >= 0.3 is 0 Å². The Hall–Kier alpha value is -2.37. The molecule has 0 unspecified atom stereocenters. The van der Waals surface area contributed by atoms with Crippen LogP contribution in [0, 0.1) is 0 Å². The number of amides is 1. The Morgan fingerprint density at radius 3 is 3.04 bits per heavy atom. The largest absolute Gasteiger partial charge is 0.491 e. The maximum absolute atomic E-state index is 12.7. The number of piperidine rings is 1. The highest BCUT2D eigenvalue weighted by Crippen LogP contribution is 2.22. The van der Waals surface area contributed by atoms with Crippen molar-refractivity contribution in [3.63, 3.8) is 0 Å². The molecular formula is C18H24N4O2. The molecule has 1 atom stereocenters. The van der Waals surface area contributed by atoms with Crippen LogP contribution in [-0.2, 0) is 11.2 Å². The summed E-state index contributed by atoms with van der Waals surface area (Å²) in [6.45, 7) is 5.50. The van der Waals surface area contributed by atoms with E-state index >= 15 is 0 Å². The fourth-order valence-corrected chi connectivity index (χ4v) is 3.09. The minimum Gasteiger partial charge on any atom is -0.491 e. The van der Waals surface area contributed by atoms with Crippen LogP contribution < -0.4 is 4.74 Å². The highest BCUT2D eigenvalue weighted by atomic mass is 16.5. The fraction of sp³-hybridized carbons (Fsp3) is 0.500. The van der Waals surface area contributed by atoms with Gasteiger partial charge in [-0.05, 0) is 44.4 Å². The summed E-state index contributed by atoms with van der Waals surface area (Å²) in [7, 11) is 0. The second-order valence-electron chi connectivity index (χ2n) is 6.50. The highest BCUT2D eigenvalue weighted by molar-refractivity contribution is 5.79. The average molecular weight is 328 g/mol. The SMILES string of the molecule is CC(C)Oc1cccc(CC(=O)N2CCC[C@H](n3cncn3)C2)c1. The van der Waals surface area contributed by atoms with E-state index in [1.807, 2.05) is 47.7 Å². The number of aromatic nitrogens is 3. The highest BCUT2D eigenvalue weighted by Gasteiger charge is 2.25. The minimum atomic E-state index is 0.126. The van der Waals surface area contributed by atoms with Crippen LogP contribution in [0.5, 0.6) is 5.75 Å². The summed E-state index contributed by atoms with van der Waals surface area (Å²) in [5.74, 6) is 0.968. The Labute approximate surface area is 142 Å². The van der Waals surface area contributed by atoms with Gasteiger partial charge in [0.1, 0.15) is 18.4 Å². The first-order valence-corrected chi connectivity index (χ1v) is 8.49. The van der Waals surface area contributed by atoms with Crippen LogP contribution in [0.3, 0.4) is 0 Å². The van der Waals surface area contributed by atoms with Gasteiger partial charge in [0.25, 0.3) is 0 Å². The van der Waals surface area contributed by atoms with Gasteiger partial charge in [-0.25, -0.2) is 9.67 Å². The molecule has 1 aliphatic rings. The Morgan fingerprint density at radius 2 is 2.29 bits per heavy atom. The molecule has 0 saturated carbocycles. The van der Waals surface area contributed by atoms with E-state index < -0.39 is 0 Å². The maximum atomic E-state index is 12.7. The third-order valence-corrected chi connectivity index (χ3v) is 4.19. The second-order valence-corrected chi connectivity index (χ2v) is 6.50. The molecule has 0 radical (unpaired) electrons. The summed E-state index contributed by atoms with van der Waals surface area (Å²) >= 11 is 0. The van der Waals surface area contributed by atoms with Crippen LogP contribution in [0.4, 0.5) is 0 Å². The topological polar surface area (TPSA) is 60.2 Å². The molecule has 1 fully saturated rings. The number of ether oxygens (including phenoxy) is 1. The van der Waals surface area contributed by atoms with Gasteiger partial charge in [-0.1, -0.05) is 12.1 Å². The van der Waals surface area contributed by atoms with Crippen LogP contribution in [0.2, 0.25) is 0 Å². The number of nitrogens with zero attached hydrogens (tertiary/aromatic N) is 4. The van der Waals surface area contributed by atoms with E-state index in [4.69, 9.17) is 4.74 Å². The number of benzene rings is 1. The van der Waals surface area contributed by atoms with E-state index in [0.29, 0.717) is 13.0 Å². The maximum Gasteiger partial charge on any atom is 0.227 e. The van der Waals surface area contributed by atoms with Gasteiger partial charge in [-0.3, -0.25) is 4.79 Å². The van der Waals surface area contributed by atoms with Crippen molar-refractivity contribution in [2.75, 3.05) is 13.1 Å². The van der Waals surface area contributed by atoms with Gasteiger partial charge in [0.15, 0.2) is 0 Å². The van der Waals surface area contributed by atoms with Crippen molar-refractivity contribution < 1.29 is 9.53 Å². The lowest BCUT2D eigenvalue weighted by atomic mass is 10.0. The predicted molar refractivity (Wildman–Crippen MR) is 90.8 cm³/mol. The third-order valence-electron chi connectivity index (χ3n) is 4.19. The molecule has 24 heavy (non-hydrogen) atoms. The number of carbonyl (C=O) groups is 1. The van der Waals surface area contributed by atoms with E-state index in [1.165, 1.54) is 0 Å².